The first-order valence-corrected chi connectivity index (χ1v) is 4.66. The van der Waals surface area contributed by atoms with Crippen molar-refractivity contribution >= 4 is 5.82 Å². The molecule has 7 heteroatoms. The van der Waals surface area contributed by atoms with E-state index >= 15 is 0 Å². The second-order valence-electron chi connectivity index (χ2n) is 3.62. The molecule has 1 rings (SSSR count). The van der Waals surface area contributed by atoms with Crippen LogP contribution in [0.1, 0.15) is 12.6 Å². The summed E-state index contributed by atoms with van der Waals surface area (Å²) in [7, 11) is 1.70. The monoisotopic (exact) mass is 234 g/mol. The van der Waals surface area contributed by atoms with Crippen molar-refractivity contribution in [2.24, 2.45) is 5.73 Å². The number of likely N-dealkylation sites (N-methyl/N-ethyl adjacent to an activating group) is 1. The van der Waals surface area contributed by atoms with Crippen molar-refractivity contribution in [3.05, 3.63) is 18.1 Å². The fourth-order valence-electron chi connectivity index (χ4n) is 1.19. The van der Waals surface area contributed by atoms with Crippen LogP contribution in [0.2, 0.25) is 0 Å². The highest BCUT2D eigenvalue weighted by atomic mass is 19.4. The largest absolute Gasteiger partial charge is 0.434 e. The average molecular weight is 234 g/mol. The lowest BCUT2D eigenvalue weighted by atomic mass is 10.3. The Morgan fingerprint density at radius 3 is 2.38 bits per heavy atom. The van der Waals surface area contributed by atoms with E-state index in [4.69, 9.17) is 5.73 Å². The first-order chi connectivity index (χ1) is 7.30. The maximum atomic E-state index is 12.2. The number of rotatable bonds is 3. The zero-order valence-electron chi connectivity index (χ0n) is 8.99. The molecule has 2 N–H and O–H groups in total. The number of hydrogen-bond donors (Lipinski definition) is 1. The quantitative estimate of drug-likeness (QED) is 0.856. The number of halogens is 3. The molecular weight excluding hydrogens is 221 g/mol. The highest BCUT2D eigenvalue weighted by Gasteiger charge is 2.32. The molecule has 1 atom stereocenters. The van der Waals surface area contributed by atoms with Crippen molar-refractivity contribution in [2.45, 2.75) is 19.1 Å². The van der Waals surface area contributed by atoms with Gasteiger partial charge in [0.25, 0.3) is 0 Å². The van der Waals surface area contributed by atoms with Gasteiger partial charge in [-0.15, -0.1) is 0 Å². The van der Waals surface area contributed by atoms with Gasteiger partial charge in [0.1, 0.15) is 5.82 Å². The maximum Gasteiger partial charge on any atom is 0.434 e. The molecule has 0 spiro atoms. The Morgan fingerprint density at radius 2 is 2.00 bits per heavy atom. The van der Waals surface area contributed by atoms with Crippen LogP contribution in [0.4, 0.5) is 19.0 Å². The molecule has 4 nitrogen and oxygen atoms in total. The number of aromatic nitrogens is 2. The average Bonchev–Trinajstić information content (AvgIpc) is 2.15. The summed E-state index contributed by atoms with van der Waals surface area (Å²) in [5.41, 5.74) is 4.57. The zero-order valence-corrected chi connectivity index (χ0v) is 8.99. The lowest BCUT2D eigenvalue weighted by Crippen LogP contribution is -2.33. The van der Waals surface area contributed by atoms with Crippen LogP contribution in [0.3, 0.4) is 0 Å². The molecule has 1 aromatic rings. The van der Waals surface area contributed by atoms with Gasteiger partial charge in [0.05, 0.1) is 12.4 Å². The van der Waals surface area contributed by atoms with E-state index in [1.165, 1.54) is 0 Å². The van der Waals surface area contributed by atoms with Crippen molar-refractivity contribution in [2.75, 3.05) is 18.5 Å². The molecule has 1 heterocycles. The van der Waals surface area contributed by atoms with Gasteiger partial charge in [-0.05, 0) is 6.92 Å². The lowest BCUT2D eigenvalue weighted by molar-refractivity contribution is -0.141. The number of alkyl halides is 3. The molecule has 0 aliphatic heterocycles. The van der Waals surface area contributed by atoms with Crippen LogP contribution in [0.5, 0.6) is 0 Å². The summed E-state index contributed by atoms with van der Waals surface area (Å²) >= 11 is 0. The van der Waals surface area contributed by atoms with Gasteiger partial charge in [0.15, 0.2) is 5.69 Å². The highest BCUT2D eigenvalue weighted by Crippen LogP contribution is 2.27. The van der Waals surface area contributed by atoms with Gasteiger partial charge in [0, 0.05) is 19.6 Å². The van der Waals surface area contributed by atoms with E-state index in [1.54, 1.807) is 18.9 Å². The second kappa shape index (κ2) is 4.65. The zero-order chi connectivity index (χ0) is 12.3. The third-order valence-electron chi connectivity index (χ3n) is 1.88. The molecule has 0 fully saturated rings. The van der Waals surface area contributed by atoms with Gasteiger partial charge >= 0.3 is 6.18 Å². The molecular formula is C9H13F3N4. The molecule has 0 unspecified atom stereocenters. The van der Waals surface area contributed by atoms with Crippen LogP contribution < -0.4 is 10.6 Å². The van der Waals surface area contributed by atoms with Crippen LogP contribution in [0.25, 0.3) is 0 Å². The van der Waals surface area contributed by atoms with Gasteiger partial charge in [-0.25, -0.2) is 9.97 Å². The minimum atomic E-state index is -4.45. The number of hydrogen-bond acceptors (Lipinski definition) is 4. The first kappa shape index (κ1) is 12.7. The lowest BCUT2D eigenvalue weighted by Gasteiger charge is -2.19. The topological polar surface area (TPSA) is 55.0 Å². The molecule has 0 aliphatic carbocycles. The molecule has 0 amide bonds. The van der Waals surface area contributed by atoms with E-state index in [0.717, 1.165) is 6.20 Å². The Balaban J connectivity index is 2.79. The predicted molar refractivity (Wildman–Crippen MR) is 54.0 cm³/mol. The van der Waals surface area contributed by atoms with Crippen LogP contribution in [-0.2, 0) is 6.18 Å². The molecule has 90 valence electrons. The van der Waals surface area contributed by atoms with E-state index in [9.17, 15) is 13.2 Å². The SMILES string of the molecule is C[C@H](N)CN(C)c1cnc(C(F)(F)F)cn1. The van der Waals surface area contributed by atoms with Gasteiger partial charge in [-0.2, -0.15) is 13.2 Å². The molecule has 0 saturated carbocycles. The van der Waals surface area contributed by atoms with Crippen molar-refractivity contribution < 1.29 is 13.2 Å². The van der Waals surface area contributed by atoms with Gasteiger partial charge in [-0.1, -0.05) is 0 Å². The molecule has 0 bridgehead atoms. The maximum absolute atomic E-state index is 12.2. The third kappa shape index (κ3) is 3.34. The molecule has 16 heavy (non-hydrogen) atoms. The summed E-state index contributed by atoms with van der Waals surface area (Å²) in [4.78, 5) is 8.64. The van der Waals surface area contributed by atoms with Crippen molar-refractivity contribution in [3.63, 3.8) is 0 Å². The molecule has 0 aliphatic rings. The Hall–Kier alpha value is -1.37. The van der Waals surface area contributed by atoms with E-state index in [1.807, 2.05) is 0 Å². The fraction of sp³-hybridized carbons (Fsp3) is 0.556. The minimum Gasteiger partial charge on any atom is -0.357 e. The fourth-order valence-corrected chi connectivity index (χ4v) is 1.19. The number of nitrogens with zero attached hydrogens (tertiary/aromatic N) is 3. The Bertz CT molecular complexity index is 334. The molecule has 0 aromatic carbocycles. The smallest absolute Gasteiger partial charge is 0.357 e. The summed E-state index contributed by atoms with van der Waals surface area (Å²) in [6.07, 6.45) is -2.65. The normalized spacial score (nSPS) is 13.6. The molecule has 0 radical (unpaired) electrons. The summed E-state index contributed by atoms with van der Waals surface area (Å²) in [6.45, 7) is 2.30. The number of nitrogens with two attached hydrogens (primary N) is 1. The highest BCUT2D eigenvalue weighted by molar-refractivity contribution is 5.34. The minimum absolute atomic E-state index is 0.0888. The summed E-state index contributed by atoms with van der Waals surface area (Å²) in [5, 5.41) is 0. The Labute approximate surface area is 91.3 Å². The summed E-state index contributed by atoms with van der Waals surface area (Å²) in [5.74, 6) is 0.366. The molecule has 0 saturated heterocycles. The summed E-state index contributed by atoms with van der Waals surface area (Å²) in [6, 6.07) is -0.0888. The van der Waals surface area contributed by atoms with E-state index in [2.05, 4.69) is 9.97 Å². The van der Waals surface area contributed by atoms with E-state index in [-0.39, 0.29) is 6.04 Å². The van der Waals surface area contributed by atoms with E-state index in [0.29, 0.717) is 18.6 Å². The third-order valence-corrected chi connectivity index (χ3v) is 1.88. The van der Waals surface area contributed by atoms with Crippen LogP contribution in [0.15, 0.2) is 12.4 Å². The van der Waals surface area contributed by atoms with Crippen LogP contribution in [0, 0.1) is 0 Å². The Kier molecular flexibility index (Phi) is 3.69. The van der Waals surface area contributed by atoms with Crippen LogP contribution in [-0.4, -0.2) is 29.6 Å². The van der Waals surface area contributed by atoms with Crippen LogP contribution >= 0.6 is 0 Å². The standard InChI is InChI=1S/C9H13F3N4/c1-6(13)5-16(2)8-4-14-7(3-15-8)9(10,11)12/h3-4,6H,5,13H2,1-2H3/t6-/m0/s1. The number of anilines is 1. The van der Waals surface area contributed by atoms with Gasteiger partial charge in [-0.3, -0.25) is 0 Å². The first-order valence-electron chi connectivity index (χ1n) is 4.66. The summed E-state index contributed by atoms with van der Waals surface area (Å²) < 4.78 is 36.6. The second-order valence-corrected chi connectivity index (χ2v) is 3.62. The predicted octanol–water partition coefficient (Wildman–Crippen LogP) is 1.28. The molecule has 1 aromatic heterocycles. The van der Waals surface area contributed by atoms with Crippen molar-refractivity contribution in [1.82, 2.24) is 9.97 Å². The van der Waals surface area contributed by atoms with Gasteiger partial charge in [0.2, 0.25) is 0 Å². The van der Waals surface area contributed by atoms with E-state index < -0.39 is 11.9 Å². The van der Waals surface area contributed by atoms with Crippen molar-refractivity contribution in [3.8, 4) is 0 Å². The van der Waals surface area contributed by atoms with Crippen molar-refractivity contribution in [1.29, 1.82) is 0 Å². The Morgan fingerprint density at radius 1 is 1.38 bits per heavy atom. The van der Waals surface area contributed by atoms with Gasteiger partial charge < -0.3 is 10.6 Å².